The van der Waals surface area contributed by atoms with Crippen LogP contribution in [0.2, 0.25) is 19.6 Å². The second kappa shape index (κ2) is 23.5. The minimum absolute atomic E-state index is 0. The fourth-order valence-electron chi connectivity index (χ4n) is 5.09. The molecule has 0 aromatic carbocycles. The molecule has 0 aliphatic heterocycles. The number of rotatable bonds is 25. The zero-order valence-corrected chi connectivity index (χ0v) is 25.9. The Balaban J connectivity index is 0. The van der Waals surface area contributed by atoms with E-state index < -0.39 is 8.32 Å². The summed E-state index contributed by atoms with van der Waals surface area (Å²) < 4.78 is 8.07. The molecule has 0 aliphatic carbocycles. The first-order valence-corrected chi connectivity index (χ1v) is 18.7. The van der Waals surface area contributed by atoms with Crippen molar-refractivity contribution >= 4 is 8.32 Å². The van der Waals surface area contributed by atoms with Crippen molar-refractivity contribution < 1.29 is 13.6 Å². The lowest BCUT2D eigenvalue weighted by Crippen LogP contribution is -3.00. The maximum atomic E-state index is 6.91. The fraction of sp³-hybridized carbons (Fsp3) is 1.00. The van der Waals surface area contributed by atoms with Gasteiger partial charge in [0.25, 0.3) is 0 Å². The highest BCUT2D eigenvalue weighted by atomic mass is 28.4. The van der Waals surface area contributed by atoms with Gasteiger partial charge in [-0.05, 0) is 51.7 Å². The highest BCUT2D eigenvalue weighted by Gasteiger charge is 2.35. The Morgan fingerprint density at radius 3 is 1.21 bits per heavy atom. The standard InChI is InChI=1S/C30H66NOSi.FH/c1-8-11-14-16-18-20-22-25-28-31(4,29-26-23-21-19-17-15-12-9-2)30(27-24-13-10-3)32-33(5,6)7;/h30H,8-29H2,1-7H3;1H/q+1;/p-1. The molecule has 0 saturated carbocycles. The van der Waals surface area contributed by atoms with Crippen LogP contribution in [-0.2, 0) is 4.43 Å². The molecule has 34 heavy (non-hydrogen) atoms. The lowest BCUT2D eigenvalue weighted by molar-refractivity contribution is -0.952. The third-order valence-corrected chi connectivity index (χ3v) is 8.26. The van der Waals surface area contributed by atoms with Crippen LogP contribution in [0.4, 0.5) is 0 Å². The van der Waals surface area contributed by atoms with Gasteiger partial charge in [-0.15, -0.1) is 0 Å². The van der Waals surface area contributed by atoms with Crippen molar-refractivity contribution in [3.63, 3.8) is 0 Å². The SMILES string of the molecule is CCCCCCCCCC[N+](C)(CCCCCCCCCC)C(CCCCC)O[Si](C)(C)C.[F-]. The van der Waals surface area contributed by atoms with Crippen LogP contribution in [0.25, 0.3) is 0 Å². The van der Waals surface area contributed by atoms with Crippen LogP contribution in [0.3, 0.4) is 0 Å². The monoisotopic (exact) mass is 503 g/mol. The summed E-state index contributed by atoms with van der Waals surface area (Å²) in [7, 11) is 0.989. The van der Waals surface area contributed by atoms with Gasteiger partial charge in [0.1, 0.15) is 0 Å². The molecule has 0 aliphatic rings. The Kier molecular flexibility index (Phi) is 25.0. The summed E-state index contributed by atoms with van der Waals surface area (Å²) in [6.45, 7) is 16.7. The molecule has 0 aromatic rings. The Morgan fingerprint density at radius 1 is 0.529 bits per heavy atom. The van der Waals surface area contributed by atoms with Crippen LogP contribution in [0.1, 0.15) is 149 Å². The first-order valence-electron chi connectivity index (χ1n) is 15.3. The smallest absolute Gasteiger partial charge is 0.191 e. The van der Waals surface area contributed by atoms with Gasteiger partial charge in [-0.2, -0.15) is 0 Å². The lowest BCUT2D eigenvalue weighted by Gasteiger charge is -2.44. The van der Waals surface area contributed by atoms with Crippen molar-refractivity contribution in [1.29, 1.82) is 0 Å². The Hall–Kier alpha value is 0.0669. The summed E-state index contributed by atoms with van der Waals surface area (Å²) in [4.78, 5) is 0. The molecule has 0 fully saturated rings. The maximum absolute atomic E-state index is 6.91. The number of nitrogens with zero attached hydrogens (tertiary/aromatic N) is 1. The zero-order valence-electron chi connectivity index (χ0n) is 24.9. The van der Waals surface area contributed by atoms with Gasteiger partial charge in [-0.25, -0.2) is 0 Å². The molecular formula is C30H66FNOSi. The summed E-state index contributed by atoms with van der Waals surface area (Å²) in [5.41, 5.74) is 0. The van der Waals surface area contributed by atoms with E-state index in [1.54, 1.807) is 0 Å². The second-order valence-corrected chi connectivity index (χ2v) is 16.5. The van der Waals surface area contributed by atoms with Gasteiger partial charge in [0.15, 0.2) is 14.5 Å². The van der Waals surface area contributed by atoms with Crippen molar-refractivity contribution in [2.75, 3.05) is 20.1 Å². The number of hydrogen-bond acceptors (Lipinski definition) is 1. The summed E-state index contributed by atoms with van der Waals surface area (Å²) in [6.07, 6.45) is 28.2. The van der Waals surface area contributed by atoms with Crippen molar-refractivity contribution in [2.24, 2.45) is 0 Å². The van der Waals surface area contributed by atoms with Crippen LogP contribution in [0, 0.1) is 0 Å². The van der Waals surface area contributed by atoms with Crippen LogP contribution >= 0.6 is 0 Å². The third kappa shape index (κ3) is 21.4. The zero-order chi connectivity index (χ0) is 24.8. The quantitative estimate of drug-likeness (QED) is 0.0543. The van der Waals surface area contributed by atoms with E-state index in [0.29, 0.717) is 6.23 Å². The maximum Gasteiger partial charge on any atom is 0.191 e. The Morgan fingerprint density at radius 2 is 0.853 bits per heavy atom. The van der Waals surface area contributed by atoms with Gasteiger partial charge in [-0.1, -0.05) is 111 Å². The van der Waals surface area contributed by atoms with Gasteiger partial charge in [0.2, 0.25) is 0 Å². The molecule has 0 saturated heterocycles. The third-order valence-electron chi connectivity index (χ3n) is 7.28. The van der Waals surface area contributed by atoms with Gasteiger partial charge in [0.05, 0.1) is 20.1 Å². The van der Waals surface area contributed by atoms with Crippen molar-refractivity contribution in [1.82, 2.24) is 0 Å². The largest absolute Gasteiger partial charge is 1.00 e. The molecule has 4 heteroatoms. The molecule has 0 N–H and O–H groups in total. The van der Waals surface area contributed by atoms with Gasteiger partial charge in [-0.3, -0.25) is 0 Å². The highest BCUT2D eigenvalue weighted by molar-refractivity contribution is 6.69. The first kappa shape index (κ1) is 36.2. The molecule has 1 unspecified atom stereocenters. The number of quaternary nitrogens is 1. The van der Waals surface area contributed by atoms with Crippen LogP contribution in [-0.4, -0.2) is 39.2 Å². The minimum atomic E-state index is -1.55. The molecule has 0 heterocycles. The molecule has 0 bridgehead atoms. The summed E-state index contributed by atoms with van der Waals surface area (Å²) >= 11 is 0. The van der Waals surface area contributed by atoms with Gasteiger partial charge >= 0.3 is 0 Å². The molecule has 2 nitrogen and oxygen atoms in total. The van der Waals surface area contributed by atoms with Crippen molar-refractivity contribution in [2.45, 2.75) is 175 Å². The number of hydrogen-bond donors (Lipinski definition) is 0. The van der Waals surface area contributed by atoms with Crippen molar-refractivity contribution in [3.05, 3.63) is 0 Å². The van der Waals surface area contributed by atoms with E-state index in [0.717, 1.165) is 0 Å². The molecule has 0 spiro atoms. The predicted molar refractivity (Wildman–Crippen MR) is 153 cm³/mol. The average molecular weight is 504 g/mol. The van der Waals surface area contributed by atoms with E-state index in [1.165, 1.54) is 146 Å². The first-order chi connectivity index (χ1) is 15.8. The normalized spacial score (nSPS) is 13.1. The average Bonchev–Trinajstić information content (AvgIpc) is 2.76. The van der Waals surface area contributed by atoms with E-state index >= 15 is 0 Å². The number of unbranched alkanes of at least 4 members (excludes halogenated alkanes) is 16. The minimum Gasteiger partial charge on any atom is -1.00 e. The van der Waals surface area contributed by atoms with Crippen molar-refractivity contribution in [3.8, 4) is 0 Å². The van der Waals surface area contributed by atoms with E-state index in [2.05, 4.69) is 47.5 Å². The summed E-state index contributed by atoms with van der Waals surface area (Å²) in [5.74, 6) is 0. The topological polar surface area (TPSA) is 9.23 Å². The second-order valence-electron chi connectivity index (χ2n) is 12.1. The summed E-state index contributed by atoms with van der Waals surface area (Å²) in [6, 6.07) is 0. The summed E-state index contributed by atoms with van der Waals surface area (Å²) in [5, 5.41) is 0. The highest BCUT2D eigenvalue weighted by Crippen LogP contribution is 2.25. The predicted octanol–water partition coefficient (Wildman–Crippen LogP) is 7.48. The van der Waals surface area contributed by atoms with E-state index in [4.69, 9.17) is 4.43 Å². The molecule has 0 amide bonds. The Labute approximate surface area is 217 Å². The molecule has 0 rings (SSSR count). The Bertz CT molecular complexity index is 393. The molecule has 1 atom stereocenters. The molecule has 0 aromatic heterocycles. The lowest BCUT2D eigenvalue weighted by atomic mass is 10.1. The van der Waals surface area contributed by atoms with Crippen LogP contribution < -0.4 is 4.70 Å². The van der Waals surface area contributed by atoms with Gasteiger partial charge in [0, 0.05) is 6.42 Å². The van der Waals surface area contributed by atoms with E-state index in [9.17, 15) is 0 Å². The van der Waals surface area contributed by atoms with Crippen LogP contribution in [0.15, 0.2) is 0 Å². The fourth-order valence-corrected chi connectivity index (χ4v) is 6.28. The number of halogens is 1. The molecule has 208 valence electrons. The van der Waals surface area contributed by atoms with E-state index in [-0.39, 0.29) is 4.70 Å². The molecule has 0 radical (unpaired) electrons. The molecular weight excluding hydrogens is 437 g/mol. The van der Waals surface area contributed by atoms with Gasteiger partial charge < -0.3 is 13.6 Å². The van der Waals surface area contributed by atoms with E-state index in [1.807, 2.05) is 0 Å². The van der Waals surface area contributed by atoms with Crippen LogP contribution in [0.5, 0.6) is 0 Å².